The van der Waals surface area contributed by atoms with Gasteiger partial charge in [-0.2, -0.15) is 0 Å². The minimum atomic E-state index is -0.687. The average molecular weight is 300 g/mol. The Bertz CT molecular complexity index is 740. The van der Waals surface area contributed by atoms with Gasteiger partial charge in [0.15, 0.2) is 0 Å². The third-order valence-electron chi connectivity index (χ3n) is 2.93. The predicted molar refractivity (Wildman–Crippen MR) is 83.5 cm³/mol. The van der Waals surface area contributed by atoms with Crippen LogP contribution in [0.2, 0.25) is 0 Å². The molecule has 2 amide bonds. The van der Waals surface area contributed by atoms with Crippen LogP contribution >= 0.6 is 0 Å². The molecule has 6 nitrogen and oxygen atoms in total. The lowest BCUT2D eigenvalue weighted by atomic mass is 10.1. The van der Waals surface area contributed by atoms with Crippen LogP contribution in [-0.2, 0) is 9.53 Å². The van der Waals surface area contributed by atoms with E-state index in [9.17, 15) is 14.7 Å². The van der Waals surface area contributed by atoms with Gasteiger partial charge in [0.1, 0.15) is 11.4 Å². The fourth-order valence-corrected chi connectivity index (χ4v) is 1.96. The Hall–Kier alpha value is -3.02. The molecule has 0 unspecified atom stereocenters. The third kappa shape index (κ3) is 3.35. The maximum atomic E-state index is 11.9. The minimum absolute atomic E-state index is 0.123. The summed E-state index contributed by atoms with van der Waals surface area (Å²) in [5, 5.41) is 16.0. The van der Waals surface area contributed by atoms with Crippen molar-refractivity contribution in [2.75, 3.05) is 11.9 Å². The number of carbonyl (C=O) groups excluding carboxylic acids is 2. The summed E-state index contributed by atoms with van der Waals surface area (Å²) in [6.45, 7) is 5.30. The van der Waals surface area contributed by atoms with Gasteiger partial charge < -0.3 is 20.5 Å². The molecule has 0 aliphatic rings. The van der Waals surface area contributed by atoms with Crippen LogP contribution in [0.3, 0.4) is 0 Å². The first-order chi connectivity index (χ1) is 10.5. The zero-order valence-corrected chi connectivity index (χ0v) is 12.1. The van der Waals surface area contributed by atoms with Crippen LogP contribution in [0, 0.1) is 0 Å². The lowest BCUT2D eigenvalue weighted by Crippen LogP contribution is -2.31. The second-order valence-electron chi connectivity index (χ2n) is 4.46. The Morgan fingerprint density at radius 1 is 1.18 bits per heavy atom. The maximum Gasteiger partial charge on any atom is 0.354 e. The summed E-state index contributed by atoms with van der Waals surface area (Å²) in [5.41, 5.74) is 0.352. The molecule has 0 aliphatic carbocycles. The SMILES string of the molecule is C=C(NC(=O)Nc1cccc2c(O)cccc12)C(=O)OCC. The van der Waals surface area contributed by atoms with Crippen molar-refractivity contribution in [3.05, 3.63) is 48.7 Å². The van der Waals surface area contributed by atoms with E-state index in [0.29, 0.717) is 16.5 Å². The summed E-state index contributed by atoms with van der Waals surface area (Å²) in [6, 6.07) is 9.53. The fraction of sp³-hybridized carbons (Fsp3) is 0.125. The maximum absolute atomic E-state index is 11.9. The molecule has 0 heterocycles. The number of anilines is 1. The number of benzene rings is 2. The van der Waals surface area contributed by atoms with Gasteiger partial charge in [0.2, 0.25) is 0 Å². The Morgan fingerprint density at radius 3 is 2.59 bits per heavy atom. The number of phenolic OH excluding ortho intramolecular Hbond substituents is 1. The van der Waals surface area contributed by atoms with Gasteiger partial charge in [-0.25, -0.2) is 9.59 Å². The molecule has 0 aromatic heterocycles. The molecule has 2 aromatic rings. The van der Waals surface area contributed by atoms with Crippen molar-refractivity contribution in [3.8, 4) is 5.75 Å². The molecular weight excluding hydrogens is 284 g/mol. The zero-order chi connectivity index (χ0) is 16.1. The van der Waals surface area contributed by atoms with E-state index in [0.717, 1.165) is 0 Å². The van der Waals surface area contributed by atoms with E-state index < -0.39 is 12.0 Å². The zero-order valence-electron chi connectivity index (χ0n) is 12.1. The highest BCUT2D eigenvalue weighted by atomic mass is 16.5. The van der Waals surface area contributed by atoms with Crippen LogP contribution in [0.1, 0.15) is 6.92 Å². The van der Waals surface area contributed by atoms with E-state index in [1.54, 1.807) is 43.3 Å². The van der Waals surface area contributed by atoms with Gasteiger partial charge in [0.05, 0.1) is 12.3 Å². The van der Waals surface area contributed by atoms with Gasteiger partial charge in [-0.15, -0.1) is 0 Å². The minimum Gasteiger partial charge on any atom is -0.507 e. The first-order valence-electron chi connectivity index (χ1n) is 6.67. The highest BCUT2D eigenvalue weighted by Crippen LogP contribution is 2.29. The lowest BCUT2D eigenvalue weighted by molar-refractivity contribution is -0.138. The molecule has 0 saturated carbocycles. The normalized spacial score (nSPS) is 10.0. The molecule has 22 heavy (non-hydrogen) atoms. The summed E-state index contributed by atoms with van der Waals surface area (Å²) in [6.07, 6.45) is 0. The number of nitrogens with one attached hydrogen (secondary N) is 2. The van der Waals surface area contributed by atoms with Crippen molar-refractivity contribution in [2.45, 2.75) is 6.92 Å². The molecule has 6 heteroatoms. The Morgan fingerprint density at radius 2 is 1.86 bits per heavy atom. The number of esters is 1. The van der Waals surface area contributed by atoms with Gasteiger partial charge in [0.25, 0.3) is 0 Å². The highest BCUT2D eigenvalue weighted by molar-refractivity contribution is 6.05. The number of fused-ring (bicyclic) bond motifs is 1. The second kappa shape index (κ2) is 6.62. The smallest absolute Gasteiger partial charge is 0.354 e. The molecule has 0 bridgehead atoms. The number of hydrogen-bond donors (Lipinski definition) is 3. The average Bonchev–Trinajstić information content (AvgIpc) is 2.48. The van der Waals surface area contributed by atoms with Gasteiger partial charge in [-0.1, -0.05) is 30.8 Å². The van der Waals surface area contributed by atoms with Crippen molar-refractivity contribution < 1.29 is 19.4 Å². The van der Waals surface area contributed by atoms with Gasteiger partial charge >= 0.3 is 12.0 Å². The van der Waals surface area contributed by atoms with Crippen molar-refractivity contribution in [1.29, 1.82) is 0 Å². The van der Waals surface area contributed by atoms with Gasteiger partial charge in [0, 0.05) is 10.8 Å². The monoisotopic (exact) mass is 300 g/mol. The van der Waals surface area contributed by atoms with E-state index in [4.69, 9.17) is 4.74 Å². The molecule has 0 radical (unpaired) electrons. The molecule has 0 atom stereocenters. The number of rotatable bonds is 4. The molecule has 114 valence electrons. The molecule has 0 spiro atoms. The Kier molecular flexibility index (Phi) is 4.63. The van der Waals surface area contributed by atoms with Crippen LogP contribution in [0.5, 0.6) is 5.75 Å². The summed E-state index contributed by atoms with van der Waals surface area (Å²) in [4.78, 5) is 23.3. The van der Waals surface area contributed by atoms with Crippen LogP contribution in [0.25, 0.3) is 10.8 Å². The van der Waals surface area contributed by atoms with Crippen molar-refractivity contribution in [1.82, 2.24) is 5.32 Å². The Balaban J connectivity index is 2.14. The van der Waals surface area contributed by atoms with Crippen LogP contribution in [-0.4, -0.2) is 23.7 Å². The molecular formula is C16H16N2O4. The van der Waals surface area contributed by atoms with E-state index in [1.165, 1.54) is 0 Å². The van der Waals surface area contributed by atoms with E-state index in [1.807, 2.05) is 0 Å². The molecule has 3 N–H and O–H groups in total. The second-order valence-corrected chi connectivity index (χ2v) is 4.46. The highest BCUT2D eigenvalue weighted by Gasteiger charge is 2.12. The summed E-state index contributed by atoms with van der Waals surface area (Å²) in [5.74, 6) is -0.564. The summed E-state index contributed by atoms with van der Waals surface area (Å²) >= 11 is 0. The van der Waals surface area contributed by atoms with Gasteiger partial charge in [-0.05, 0) is 19.1 Å². The van der Waals surface area contributed by atoms with Crippen LogP contribution < -0.4 is 10.6 Å². The van der Waals surface area contributed by atoms with Crippen molar-refractivity contribution in [3.63, 3.8) is 0 Å². The molecule has 0 saturated heterocycles. The molecule has 0 fully saturated rings. The number of phenols is 1. The van der Waals surface area contributed by atoms with E-state index >= 15 is 0 Å². The van der Waals surface area contributed by atoms with Crippen LogP contribution in [0.4, 0.5) is 10.5 Å². The first kappa shape index (κ1) is 15.4. The number of hydrogen-bond acceptors (Lipinski definition) is 4. The quantitative estimate of drug-likeness (QED) is 0.598. The van der Waals surface area contributed by atoms with Crippen molar-refractivity contribution >= 4 is 28.5 Å². The topological polar surface area (TPSA) is 87.7 Å². The third-order valence-corrected chi connectivity index (χ3v) is 2.93. The number of aromatic hydroxyl groups is 1. The standard InChI is InChI=1S/C16H16N2O4/c1-3-22-15(20)10(2)17-16(21)18-13-8-4-7-12-11(13)6-5-9-14(12)19/h4-9,19H,2-3H2,1H3,(H2,17,18,21). The van der Waals surface area contributed by atoms with Gasteiger partial charge in [-0.3, -0.25) is 0 Å². The van der Waals surface area contributed by atoms with E-state index in [-0.39, 0.29) is 18.1 Å². The molecule has 2 aromatic carbocycles. The first-order valence-corrected chi connectivity index (χ1v) is 6.67. The summed E-state index contributed by atoms with van der Waals surface area (Å²) < 4.78 is 4.73. The van der Waals surface area contributed by atoms with E-state index in [2.05, 4.69) is 17.2 Å². The molecule has 2 rings (SSSR count). The Labute approximate surface area is 127 Å². The predicted octanol–water partition coefficient (Wildman–Crippen LogP) is 2.74. The largest absolute Gasteiger partial charge is 0.507 e. The number of ether oxygens (including phenoxy) is 1. The number of amides is 2. The van der Waals surface area contributed by atoms with Crippen LogP contribution in [0.15, 0.2) is 48.7 Å². The lowest BCUT2D eigenvalue weighted by Gasteiger charge is -2.11. The fourth-order valence-electron chi connectivity index (χ4n) is 1.96. The molecule has 0 aliphatic heterocycles. The number of carbonyl (C=O) groups is 2. The van der Waals surface area contributed by atoms with Crippen molar-refractivity contribution in [2.24, 2.45) is 0 Å². The summed E-state index contributed by atoms with van der Waals surface area (Å²) in [7, 11) is 0. The number of urea groups is 1.